The van der Waals surface area contributed by atoms with Crippen molar-refractivity contribution in [3.05, 3.63) is 102 Å². The van der Waals surface area contributed by atoms with Gasteiger partial charge in [0.15, 0.2) is 0 Å². The summed E-state index contributed by atoms with van der Waals surface area (Å²) in [6, 6.07) is 29.0. The van der Waals surface area contributed by atoms with Crippen LogP contribution < -0.4 is 0 Å². The van der Waals surface area contributed by atoms with Crippen LogP contribution in [0.4, 0.5) is 11.4 Å². The van der Waals surface area contributed by atoms with Crippen LogP contribution in [0.3, 0.4) is 0 Å². The Labute approximate surface area is 223 Å². The monoisotopic (exact) mass is 545 g/mol. The Morgan fingerprint density at radius 2 is 1.26 bits per heavy atom. The summed E-state index contributed by atoms with van der Waals surface area (Å²) in [6.07, 6.45) is 0. The van der Waals surface area contributed by atoms with Gasteiger partial charge in [-0.3, -0.25) is 9.98 Å². The molecule has 0 atom stereocenters. The molecule has 35 heavy (non-hydrogen) atoms. The topological polar surface area (TPSA) is 37.6 Å². The number of aliphatic imine (C=N–C) groups is 2. The van der Waals surface area contributed by atoms with E-state index in [1.807, 2.05) is 56.3 Å². The van der Waals surface area contributed by atoms with Crippen LogP contribution in [-0.2, 0) is 18.5 Å². The molecule has 3 nitrogen and oxygen atoms in total. The zero-order valence-electron chi connectivity index (χ0n) is 20.5. The van der Waals surface area contributed by atoms with E-state index in [9.17, 15) is 0 Å². The number of pyridine rings is 1. The average molecular weight is 546 g/mol. The van der Waals surface area contributed by atoms with E-state index in [0.717, 1.165) is 39.6 Å². The maximum atomic E-state index is 4.89. The maximum absolute atomic E-state index is 4.89. The summed E-state index contributed by atoms with van der Waals surface area (Å²) in [5, 5.41) is 2.32. The molecule has 1 heterocycles. The van der Waals surface area contributed by atoms with Gasteiger partial charge in [0.2, 0.25) is 0 Å². The summed E-state index contributed by atoms with van der Waals surface area (Å²) in [7, 11) is 9.53. The standard InChI is InChI=1S/C29H29N3.2ClH.Fe/c1-20(30-24-18-16-23(17-19-24)29(3,4)5)26-13-9-14-27(32-26)21(2)31-28-15-8-11-22-10-6-7-12-25(22)28;;;/h6-19H,1-5H3;2*1H;/q;;;+2/p-2. The number of fused-ring (bicyclic) bond motifs is 1. The fourth-order valence-electron chi connectivity index (χ4n) is 3.67. The van der Waals surface area contributed by atoms with Gasteiger partial charge in [0.05, 0.1) is 34.2 Å². The van der Waals surface area contributed by atoms with Crippen LogP contribution in [0.5, 0.6) is 0 Å². The molecule has 0 fully saturated rings. The molecule has 0 aliphatic carbocycles. The first-order valence-electron chi connectivity index (χ1n) is 11.2. The fourth-order valence-corrected chi connectivity index (χ4v) is 3.67. The van der Waals surface area contributed by atoms with Gasteiger partial charge >= 0.3 is 33.3 Å². The first kappa shape index (κ1) is 27.1. The SMILES string of the molecule is CC(=Nc1ccc(C(C)(C)C)cc1)c1cccc(C(C)=Nc2cccc3ccccc23)n1.[Cl][Fe][Cl]. The van der Waals surface area contributed by atoms with Gasteiger partial charge in [-0.2, -0.15) is 0 Å². The van der Waals surface area contributed by atoms with E-state index in [1.54, 1.807) is 0 Å². The molecule has 6 heteroatoms. The summed E-state index contributed by atoms with van der Waals surface area (Å²) in [5.74, 6) is 0. The van der Waals surface area contributed by atoms with Crippen LogP contribution in [-0.4, -0.2) is 16.4 Å². The van der Waals surface area contributed by atoms with Crippen LogP contribution >= 0.6 is 20.2 Å². The second-order valence-corrected chi connectivity index (χ2v) is 11.0. The molecule has 0 saturated carbocycles. The number of rotatable bonds is 4. The second kappa shape index (κ2) is 12.5. The Morgan fingerprint density at radius 1 is 0.714 bits per heavy atom. The van der Waals surface area contributed by atoms with Crippen molar-refractivity contribution in [2.24, 2.45) is 9.98 Å². The molecule has 4 aromatic rings. The number of nitrogens with zero attached hydrogens (tertiary/aromatic N) is 3. The van der Waals surface area contributed by atoms with E-state index in [4.69, 9.17) is 35.2 Å². The van der Waals surface area contributed by atoms with E-state index in [0.29, 0.717) is 0 Å². The first-order valence-corrected chi connectivity index (χ1v) is 14.3. The average Bonchev–Trinajstić information content (AvgIpc) is 2.84. The van der Waals surface area contributed by atoms with E-state index < -0.39 is 0 Å². The number of halogens is 2. The van der Waals surface area contributed by atoms with Crippen LogP contribution in [0, 0.1) is 0 Å². The van der Waals surface area contributed by atoms with E-state index in [2.05, 4.69) is 63.2 Å². The fraction of sp³-hybridized carbons (Fsp3) is 0.207. The van der Waals surface area contributed by atoms with Crippen molar-refractivity contribution in [1.29, 1.82) is 0 Å². The summed E-state index contributed by atoms with van der Waals surface area (Å²) < 4.78 is 0. The number of benzene rings is 3. The quantitative estimate of drug-likeness (QED) is 0.186. The Balaban J connectivity index is 0.00000108. The molecule has 0 bridgehead atoms. The van der Waals surface area contributed by atoms with Gasteiger partial charge in [-0.15, -0.1) is 0 Å². The Kier molecular flexibility index (Phi) is 9.65. The first-order chi connectivity index (χ1) is 16.7. The van der Waals surface area contributed by atoms with E-state index in [1.165, 1.54) is 10.9 Å². The van der Waals surface area contributed by atoms with Gasteiger partial charge in [-0.1, -0.05) is 75.4 Å². The van der Waals surface area contributed by atoms with Crippen LogP contribution in [0.1, 0.15) is 51.6 Å². The van der Waals surface area contributed by atoms with Crippen molar-refractivity contribution in [3.63, 3.8) is 0 Å². The molecule has 0 saturated heterocycles. The molecule has 0 spiro atoms. The molecule has 0 unspecified atom stereocenters. The van der Waals surface area contributed by atoms with Crippen molar-refractivity contribution in [2.45, 2.75) is 40.0 Å². The molecule has 0 aliphatic rings. The van der Waals surface area contributed by atoms with Crippen molar-refractivity contribution in [2.75, 3.05) is 0 Å². The third-order valence-corrected chi connectivity index (χ3v) is 5.58. The van der Waals surface area contributed by atoms with Gasteiger partial charge in [0.1, 0.15) is 0 Å². The van der Waals surface area contributed by atoms with Crippen LogP contribution in [0.25, 0.3) is 10.8 Å². The molecule has 0 amide bonds. The van der Waals surface area contributed by atoms with Crippen LogP contribution in [0.15, 0.2) is 94.9 Å². The van der Waals surface area contributed by atoms with Gasteiger partial charge in [-0.25, -0.2) is 4.98 Å². The predicted molar refractivity (Wildman–Crippen MR) is 149 cm³/mol. The van der Waals surface area contributed by atoms with Crippen molar-refractivity contribution >= 4 is 53.8 Å². The molecule has 0 aliphatic heterocycles. The molecule has 3 aromatic carbocycles. The van der Waals surface area contributed by atoms with Crippen LogP contribution in [0.2, 0.25) is 0 Å². The van der Waals surface area contributed by atoms with E-state index in [-0.39, 0.29) is 18.5 Å². The van der Waals surface area contributed by atoms with Gasteiger partial charge in [0, 0.05) is 5.39 Å². The number of aromatic nitrogens is 1. The van der Waals surface area contributed by atoms with Gasteiger partial charge in [-0.05, 0) is 60.5 Å². The molecule has 0 radical (unpaired) electrons. The van der Waals surface area contributed by atoms with E-state index >= 15 is 0 Å². The summed E-state index contributed by atoms with van der Waals surface area (Å²) >= 11 is 0.194. The third kappa shape index (κ3) is 7.49. The zero-order chi connectivity index (χ0) is 25.4. The zero-order valence-corrected chi connectivity index (χ0v) is 23.2. The number of hydrogen-bond donors (Lipinski definition) is 0. The minimum absolute atomic E-state index is 0.133. The molecule has 182 valence electrons. The summed E-state index contributed by atoms with van der Waals surface area (Å²) in [4.78, 5) is 14.5. The van der Waals surface area contributed by atoms with Crippen molar-refractivity contribution < 1.29 is 13.1 Å². The van der Waals surface area contributed by atoms with Crippen molar-refractivity contribution in [1.82, 2.24) is 4.98 Å². The normalized spacial score (nSPS) is 12.4. The third-order valence-electron chi connectivity index (χ3n) is 5.58. The molecular weight excluding hydrogens is 517 g/mol. The molecule has 1 aromatic heterocycles. The molecule has 0 N–H and O–H groups in total. The molecular formula is C29H29Cl2FeN3. The van der Waals surface area contributed by atoms with Crippen molar-refractivity contribution in [3.8, 4) is 0 Å². The number of hydrogen-bond acceptors (Lipinski definition) is 3. The minimum atomic E-state index is 0.133. The predicted octanol–water partition coefficient (Wildman–Crippen LogP) is 9.19. The summed E-state index contributed by atoms with van der Waals surface area (Å²) in [5.41, 5.74) is 6.80. The van der Waals surface area contributed by atoms with Gasteiger partial charge < -0.3 is 0 Å². The Morgan fingerprint density at radius 3 is 1.89 bits per heavy atom. The Hall–Kier alpha value is -2.49. The Bertz CT molecular complexity index is 1330. The second-order valence-electron chi connectivity index (χ2n) is 9.15. The van der Waals surface area contributed by atoms with Gasteiger partial charge in [0.25, 0.3) is 0 Å². The summed E-state index contributed by atoms with van der Waals surface area (Å²) in [6.45, 7) is 10.7. The molecule has 4 rings (SSSR count).